The number of benzene rings is 2. The molecule has 1 aromatic heterocycles. The number of para-hydroxylation sites is 2. The Kier molecular flexibility index (Phi) is 2.40. The van der Waals surface area contributed by atoms with Crippen molar-refractivity contribution in [2.24, 2.45) is 0 Å². The largest absolute Gasteiger partial charge is 0.355 e. The monoisotopic (exact) mass is 236 g/mol. The molecule has 3 rings (SSSR count). The van der Waals surface area contributed by atoms with Crippen LogP contribution in [0.1, 0.15) is 0 Å². The average molecular weight is 237 g/mol. The Bertz CT molecular complexity index is 518. The molecule has 0 aliphatic heterocycles. The topological polar surface area (TPSA) is 15.8 Å². The molecular formula is C12H9GaN. The number of H-pyrrole nitrogens is 1. The van der Waals surface area contributed by atoms with Crippen LogP contribution in [0.25, 0.3) is 21.8 Å². The summed E-state index contributed by atoms with van der Waals surface area (Å²) < 4.78 is 0. The molecular weight excluding hydrogens is 228 g/mol. The van der Waals surface area contributed by atoms with E-state index in [1.165, 1.54) is 21.8 Å². The zero-order chi connectivity index (χ0) is 8.67. The quantitative estimate of drug-likeness (QED) is 0.578. The molecule has 2 aromatic carbocycles. The van der Waals surface area contributed by atoms with E-state index in [4.69, 9.17) is 0 Å². The number of hydrogen-bond donors (Lipinski definition) is 1. The van der Waals surface area contributed by atoms with Gasteiger partial charge in [-0.15, -0.1) is 0 Å². The molecule has 0 aliphatic carbocycles. The summed E-state index contributed by atoms with van der Waals surface area (Å²) in [6, 6.07) is 16.8. The molecule has 0 spiro atoms. The van der Waals surface area contributed by atoms with Crippen LogP contribution >= 0.6 is 0 Å². The fraction of sp³-hybridized carbons (Fsp3) is 0. The molecule has 0 amide bonds. The number of hydrogen-bond acceptors (Lipinski definition) is 0. The van der Waals surface area contributed by atoms with Crippen LogP contribution in [-0.4, -0.2) is 24.8 Å². The van der Waals surface area contributed by atoms with Crippen molar-refractivity contribution in [3.8, 4) is 0 Å². The van der Waals surface area contributed by atoms with E-state index in [2.05, 4.69) is 53.5 Å². The third-order valence-electron chi connectivity index (χ3n) is 2.41. The van der Waals surface area contributed by atoms with E-state index in [1.54, 1.807) is 0 Å². The summed E-state index contributed by atoms with van der Waals surface area (Å²) >= 11 is 0. The molecule has 0 saturated heterocycles. The van der Waals surface area contributed by atoms with Gasteiger partial charge in [-0.1, -0.05) is 36.4 Å². The van der Waals surface area contributed by atoms with Crippen molar-refractivity contribution in [3.63, 3.8) is 0 Å². The summed E-state index contributed by atoms with van der Waals surface area (Å²) in [6.07, 6.45) is 0. The van der Waals surface area contributed by atoms with E-state index in [0.29, 0.717) is 0 Å². The summed E-state index contributed by atoms with van der Waals surface area (Å²) in [6.45, 7) is 0. The van der Waals surface area contributed by atoms with E-state index in [9.17, 15) is 0 Å². The molecule has 1 N–H and O–H groups in total. The molecule has 0 unspecified atom stereocenters. The molecule has 14 heavy (non-hydrogen) atoms. The van der Waals surface area contributed by atoms with E-state index in [1.807, 2.05) is 0 Å². The molecule has 0 fully saturated rings. The van der Waals surface area contributed by atoms with Crippen molar-refractivity contribution in [2.45, 2.75) is 0 Å². The van der Waals surface area contributed by atoms with E-state index in [-0.39, 0.29) is 19.8 Å². The Morgan fingerprint density at radius 3 is 1.57 bits per heavy atom. The van der Waals surface area contributed by atoms with Gasteiger partial charge in [-0.05, 0) is 12.1 Å². The van der Waals surface area contributed by atoms with Gasteiger partial charge in [0.15, 0.2) is 0 Å². The molecule has 0 saturated carbocycles. The Hall–Kier alpha value is -1.12. The van der Waals surface area contributed by atoms with Crippen molar-refractivity contribution in [1.29, 1.82) is 0 Å². The minimum absolute atomic E-state index is 0. The van der Waals surface area contributed by atoms with Crippen LogP contribution in [-0.2, 0) is 0 Å². The zero-order valence-corrected chi connectivity index (χ0v) is 10.1. The van der Waals surface area contributed by atoms with Gasteiger partial charge in [0, 0.05) is 41.6 Å². The van der Waals surface area contributed by atoms with Gasteiger partial charge in [0.05, 0.1) is 0 Å². The van der Waals surface area contributed by atoms with E-state index < -0.39 is 0 Å². The molecule has 65 valence electrons. The van der Waals surface area contributed by atoms with Crippen molar-refractivity contribution in [1.82, 2.24) is 4.98 Å². The maximum Gasteiger partial charge on any atom is 0.0464 e. The van der Waals surface area contributed by atoms with Crippen molar-refractivity contribution >= 4 is 41.6 Å². The van der Waals surface area contributed by atoms with Gasteiger partial charge in [-0.3, -0.25) is 0 Å². The average Bonchev–Trinajstić information content (AvgIpc) is 2.56. The maximum atomic E-state index is 3.38. The Labute approximate surface area is 95.2 Å². The Balaban J connectivity index is 0.000000750. The second kappa shape index (κ2) is 3.56. The molecule has 0 atom stereocenters. The van der Waals surface area contributed by atoms with Gasteiger partial charge in [-0.2, -0.15) is 0 Å². The second-order valence-corrected chi connectivity index (χ2v) is 3.22. The van der Waals surface area contributed by atoms with Crippen LogP contribution in [0.5, 0.6) is 0 Å². The van der Waals surface area contributed by atoms with Crippen LogP contribution in [0.2, 0.25) is 0 Å². The van der Waals surface area contributed by atoms with Crippen LogP contribution < -0.4 is 0 Å². The molecule has 1 nitrogen and oxygen atoms in total. The van der Waals surface area contributed by atoms with Crippen LogP contribution in [0, 0.1) is 0 Å². The molecule has 2 heteroatoms. The fourth-order valence-corrected chi connectivity index (χ4v) is 1.80. The van der Waals surface area contributed by atoms with Gasteiger partial charge in [0.1, 0.15) is 0 Å². The van der Waals surface area contributed by atoms with Gasteiger partial charge < -0.3 is 4.98 Å². The third-order valence-corrected chi connectivity index (χ3v) is 2.41. The minimum atomic E-state index is 0. The Morgan fingerprint density at radius 2 is 1.07 bits per heavy atom. The van der Waals surface area contributed by atoms with E-state index >= 15 is 0 Å². The fourth-order valence-electron chi connectivity index (χ4n) is 1.80. The SMILES string of the molecule is [Ga].c1ccc2c(c1)[nH]c1ccccc12. The summed E-state index contributed by atoms with van der Waals surface area (Å²) in [5, 5.41) is 2.61. The van der Waals surface area contributed by atoms with E-state index in [0.717, 1.165) is 0 Å². The van der Waals surface area contributed by atoms with Crippen molar-refractivity contribution < 1.29 is 0 Å². The standard InChI is InChI=1S/C12H9N.Ga/c1-3-7-11-9(5-1)10-6-2-4-8-12(10)13-11;/h1-8,13H;. The number of aromatic amines is 1. The van der Waals surface area contributed by atoms with Crippen molar-refractivity contribution in [2.75, 3.05) is 0 Å². The first-order valence-electron chi connectivity index (χ1n) is 4.40. The van der Waals surface area contributed by atoms with Gasteiger partial charge in [0.2, 0.25) is 0 Å². The maximum absolute atomic E-state index is 3.38. The smallest absolute Gasteiger partial charge is 0.0464 e. The summed E-state index contributed by atoms with van der Waals surface area (Å²) in [5.41, 5.74) is 2.42. The molecule has 3 radical (unpaired) electrons. The second-order valence-electron chi connectivity index (χ2n) is 3.22. The van der Waals surface area contributed by atoms with Crippen LogP contribution in [0.3, 0.4) is 0 Å². The molecule has 0 aliphatic rings. The van der Waals surface area contributed by atoms with Gasteiger partial charge in [-0.25, -0.2) is 0 Å². The van der Waals surface area contributed by atoms with Crippen LogP contribution in [0.15, 0.2) is 48.5 Å². The normalized spacial score (nSPS) is 10.3. The predicted molar refractivity (Wildman–Crippen MR) is 61.6 cm³/mol. The van der Waals surface area contributed by atoms with Gasteiger partial charge in [0.25, 0.3) is 0 Å². The first kappa shape index (κ1) is 9.43. The molecule has 0 bridgehead atoms. The predicted octanol–water partition coefficient (Wildman–Crippen LogP) is 2.94. The summed E-state index contributed by atoms with van der Waals surface area (Å²) in [4.78, 5) is 3.38. The molecule has 1 heterocycles. The first-order chi connectivity index (χ1) is 6.45. The minimum Gasteiger partial charge on any atom is -0.355 e. The number of fused-ring (bicyclic) bond motifs is 3. The van der Waals surface area contributed by atoms with Gasteiger partial charge >= 0.3 is 0 Å². The Morgan fingerprint density at radius 1 is 0.643 bits per heavy atom. The number of nitrogens with one attached hydrogen (secondary N) is 1. The molecule has 3 aromatic rings. The van der Waals surface area contributed by atoms with Crippen LogP contribution in [0.4, 0.5) is 0 Å². The first-order valence-corrected chi connectivity index (χ1v) is 4.40. The third kappa shape index (κ3) is 1.27. The summed E-state index contributed by atoms with van der Waals surface area (Å²) in [5.74, 6) is 0. The van der Waals surface area contributed by atoms with Crippen molar-refractivity contribution in [3.05, 3.63) is 48.5 Å². The number of aromatic nitrogens is 1. The number of rotatable bonds is 0. The summed E-state index contributed by atoms with van der Waals surface area (Å²) in [7, 11) is 0. The zero-order valence-electron chi connectivity index (χ0n) is 7.70.